The van der Waals surface area contributed by atoms with Gasteiger partial charge in [-0.25, -0.2) is 5.41 Å². The van der Waals surface area contributed by atoms with Crippen molar-refractivity contribution in [3.8, 4) is 0 Å². The molecule has 3 N–H and O–H groups in total. The molecule has 3 saturated carbocycles. The van der Waals surface area contributed by atoms with Crippen LogP contribution in [-0.4, -0.2) is 28.6 Å². The Morgan fingerprint density at radius 3 is 1.09 bits per heavy atom. The first-order valence-corrected chi connectivity index (χ1v) is 9.99. The van der Waals surface area contributed by atoms with Gasteiger partial charge in [0.1, 0.15) is 0 Å². The van der Waals surface area contributed by atoms with Crippen molar-refractivity contribution in [1.82, 2.24) is 0 Å². The first kappa shape index (κ1) is 16.3. The number of nitrogens with two attached hydrogens (primary N) is 1. The molecule has 0 aromatic heterocycles. The average Bonchev–Trinajstić information content (AvgIpc) is 2.58. The molecule has 3 rings (SSSR count). The van der Waals surface area contributed by atoms with Crippen molar-refractivity contribution >= 4 is 5.96 Å². The Morgan fingerprint density at radius 2 is 0.864 bits per heavy atom. The molecule has 22 heavy (non-hydrogen) atoms. The van der Waals surface area contributed by atoms with Crippen LogP contribution in [0.4, 0.5) is 0 Å². The van der Waals surface area contributed by atoms with E-state index in [4.69, 9.17) is 11.1 Å². The van der Waals surface area contributed by atoms with E-state index in [1.165, 1.54) is 96.3 Å². The molecule has 3 fully saturated rings. The fraction of sp³-hybridized carbons (Fsp3) is 0.947. The van der Waals surface area contributed by atoms with E-state index in [1.54, 1.807) is 0 Å². The number of nitrogens with one attached hydrogen (secondary N) is 1. The van der Waals surface area contributed by atoms with Crippen molar-refractivity contribution in [2.75, 3.05) is 0 Å². The van der Waals surface area contributed by atoms with Gasteiger partial charge in [0, 0.05) is 0 Å². The summed E-state index contributed by atoms with van der Waals surface area (Å²) in [5, 5.41) is 8.66. The number of hydrogen-bond donors (Lipinski definition) is 2. The molecule has 0 bridgehead atoms. The maximum Gasteiger partial charge on any atom is 0.292 e. The van der Waals surface area contributed by atoms with E-state index >= 15 is 0 Å². The second-order valence-electron chi connectivity index (χ2n) is 8.10. The molecule has 0 aromatic rings. The summed E-state index contributed by atoms with van der Waals surface area (Å²) in [7, 11) is 0. The van der Waals surface area contributed by atoms with Gasteiger partial charge in [0.25, 0.3) is 5.96 Å². The van der Waals surface area contributed by atoms with Crippen molar-refractivity contribution < 1.29 is 4.48 Å². The average molecular weight is 307 g/mol. The molecule has 0 radical (unpaired) electrons. The molecule has 3 nitrogen and oxygen atoms in total. The summed E-state index contributed by atoms with van der Waals surface area (Å²) in [4.78, 5) is 0. The van der Waals surface area contributed by atoms with Crippen LogP contribution in [0.1, 0.15) is 96.3 Å². The minimum atomic E-state index is 0.519. The van der Waals surface area contributed by atoms with E-state index in [0.29, 0.717) is 24.1 Å². The van der Waals surface area contributed by atoms with E-state index in [0.717, 1.165) is 4.48 Å². The molecule has 0 atom stereocenters. The third-order valence-corrected chi connectivity index (χ3v) is 6.95. The van der Waals surface area contributed by atoms with Crippen LogP contribution in [0.2, 0.25) is 0 Å². The fourth-order valence-corrected chi connectivity index (χ4v) is 6.01. The van der Waals surface area contributed by atoms with E-state index in [-0.39, 0.29) is 0 Å². The van der Waals surface area contributed by atoms with Crippen LogP contribution in [0, 0.1) is 5.41 Å². The quantitative estimate of drug-likeness (QED) is 0.443. The lowest BCUT2D eigenvalue weighted by Gasteiger charge is -2.55. The Balaban J connectivity index is 1.94. The molecule has 0 amide bonds. The molecular weight excluding hydrogens is 270 g/mol. The van der Waals surface area contributed by atoms with Crippen LogP contribution in [0.5, 0.6) is 0 Å². The van der Waals surface area contributed by atoms with Crippen molar-refractivity contribution in [3.63, 3.8) is 0 Å². The van der Waals surface area contributed by atoms with E-state index in [9.17, 15) is 0 Å². The van der Waals surface area contributed by atoms with Gasteiger partial charge in [-0.15, -0.1) is 0 Å². The maximum atomic E-state index is 8.66. The first-order valence-electron chi connectivity index (χ1n) is 9.99. The van der Waals surface area contributed by atoms with Crippen molar-refractivity contribution in [3.05, 3.63) is 0 Å². The first-order chi connectivity index (χ1) is 10.8. The molecular formula is C19H36N3+. The summed E-state index contributed by atoms with van der Waals surface area (Å²) in [6.07, 6.45) is 20.2. The van der Waals surface area contributed by atoms with Crippen LogP contribution in [0.25, 0.3) is 0 Å². The second-order valence-corrected chi connectivity index (χ2v) is 8.10. The van der Waals surface area contributed by atoms with Crippen LogP contribution >= 0.6 is 0 Å². The normalized spacial score (nSPS) is 26.9. The van der Waals surface area contributed by atoms with Gasteiger partial charge in [-0.1, -0.05) is 19.3 Å². The van der Waals surface area contributed by atoms with Gasteiger partial charge >= 0.3 is 0 Å². The zero-order valence-electron chi connectivity index (χ0n) is 14.4. The summed E-state index contributed by atoms with van der Waals surface area (Å²) in [6.45, 7) is 0. The summed E-state index contributed by atoms with van der Waals surface area (Å²) in [5.41, 5.74) is 6.42. The third kappa shape index (κ3) is 2.93. The topological polar surface area (TPSA) is 49.9 Å². The van der Waals surface area contributed by atoms with E-state index < -0.39 is 0 Å². The highest BCUT2D eigenvalue weighted by atomic mass is 15.5. The third-order valence-electron chi connectivity index (χ3n) is 6.95. The zero-order chi connectivity index (χ0) is 15.4. The van der Waals surface area contributed by atoms with Gasteiger partial charge < -0.3 is 5.73 Å². The van der Waals surface area contributed by atoms with E-state index in [2.05, 4.69) is 0 Å². The van der Waals surface area contributed by atoms with Gasteiger partial charge in [0.15, 0.2) is 0 Å². The lowest BCUT2D eigenvalue weighted by Crippen LogP contribution is -2.72. The van der Waals surface area contributed by atoms with Crippen molar-refractivity contribution in [1.29, 1.82) is 5.41 Å². The molecule has 3 heteroatoms. The highest BCUT2D eigenvalue weighted by molar-refractivity contribution is 5.68. The van der Waals surface area contributed by atoms with Crippen LogP contribution in [0.3, 0.4) is 0 Å². The summed E-state index contributed by atoms with van der Waals surface area (Å²) < 4.78 is 0.917. The molecule has 0 aliphatic heterocycles. The number of guanidine groups is 1. The summed E-state index contributed by atoms with van der Waals surface area (Å²) in [6, 6.07) is 1.95. The number of quaternary nitrogens is 1. The maximum absolute atomic E-state index is 8.66. The molecule has 126 valence electrons. The molecule has 0 spiro atoms. The zero-order valence-corrected chi connectivity index (χ0v) is 14.4. The highest BCUT2D eigenvalue weighted by Crippen LogP contribution is 2.42. The molecule has 3 aliphatic rings. The lowest BCUT2D eigenvalue weighted by atomic mass is 9.80. The Kier molecular flexibility index (Phi) is 5.43. The van der Waals surface area contributed by atoms with Gasteiger partial charge in [-0.05, 0) is 77.0 Å². The van der Waals surface area contributed by atoms with Crippen molar-refractivity contribution in [2.45, 2.75) is 114 Å². The Labute approximate surface area is 136 Å². The van der Waals surface area contributed by atoms with Crippen LogP contribution in [-0.2, 0) is 0 Å². The predicted molar refractivity (Wildman–Crippen MR) is 92.8 cm³/mol. The second kappa shape index (κ2) is 7.33. The van der Waals surface area contributed by atoms with E-state index in [1.807, 2.05) is 0 Å². The molecule has 0 heterocycles. The Bertz CT molecular complexity index is 315. The minimum absolute atomic E-state index is 0.519. The number of rotatable bonds is 3. The monoisotopic (exact) mass is 306 g/mol. The van der Waals surface area contributed by atoms with Gasteiger partial charge in [-0.2, -0.15) is 0 Å². The SMILES string of the molecule is N=C(N)[N+](C1CCCCC1)(C1CCCCC1)C1CCCCC1. The molecule has 3 aliphatic carbocycles. The number of nitrogens with zero attached hydrogens (tertiary/aromatic N) is 1. The minimum Gasteiger partial charge on any atom is -0.338 e. The van der Waals surface area contributed by atoms with Crippen LogP contribution in [0.15, 0.2) is 0 Å². The molecule has 0 saturated heterocycles. The van der Waals surface area contributed by atoms with Gasteiger partial charge in [-0.3, -0.25) is 4.48 Å². The van der Waals surface area contributed by atoms with Crippen LogP contribution < -0.4 is 5.73 Å². The highest BCUT2D eigenvalue weighted by Gasteiger charge is 2.52. The Morgan fingerprint density at radius 1 is 0.591 bits per heavy atom. The standard InChI is InChI=1S/C19H36N3/c20-19(21)22(16-10-4-1-5-11-16,17-12-6-2-7-13-17)18-14-8-3-9-15-18/h16-18H,1-15H2,(H3,20,21)/q+1. The van der Waals surface area contributed by atoms with Gasteiger partial charge in [0.05, 0.1) is 18.1 Å². The largest absolute Gasteiger partial charge is 0.338 e. The summed E-state index contributed by atoms with van der Waals surface area (Å²) >= 11 is 0. The fourth-order valence-electron chi connectivity index (χ4n) is 6.01. The van der Waals surface area contributed by atoms with Crippen molar-refractivity contribution in [2.24, 2.45) is 5.73 Å². The summed E-state index contributed by atoms with van der Waals surface area (Å²) in [5.74, 6) is 0.519. The smallest absolute Gasteiger partial charge is 0.292 e. The number of hydrogen-bond acceptors (Lipinski definition) is 1. The predicted octanol–water partition coefficient (Wildman–Crippen LogP) is 4.69. The lowest BCUT2D eigenvalue weighted by molar-refractivity contribution is -0.922. The molecule has 0 aromatic carbocycles. The van der Waals surface area contributed by atoms with Gasteiger partial charge in [0.2, 0.25) is 0 Å². The molecule has 0 unspecified atom stereocenters. The Hall–Kier alpha value is -0.570.